The molecule has 0 saturated heterocycles. The van der Waals surface area contributed by atoms with Crippen LogP contribution in [0.2, 0.25) is 0 Å². The number of fused-ring (bicyclic) bond motifs is 3. The van der Waals surface area contributed by atoms with Crippen LogP contribution in [0, 0.1) is 0 Å². The number of thioether (sulfide) groups is 1. The Kier molecular flexibility index (Phi) is 8.81. The molecule has 3 N–H and O–H groups in total. The van der Waals surface area contributed by atoms with Crippen LogP contribution in [0.4, 0.5) is 21.0 Å². The van der Waals surface area contributed by atoms with Crippen LogP contribution in [0.5, 0.6) is 0 Å². The number of aliphatic carboxylic acids is 1. The predicted octanol–water partition coefficient (Wildman–Crippen LogP) is 7.35. The average Bonchev–Trinajstić information content (AvgIpc) is 3.18. The molecule has 39 heavy (non-hydrogen) atoms. The monoisotopic (exact) mass is 548 g/mol. The van der Waals surface area contributed by atoms with Crippen molar-refractivity contribution < 1.29 is 29.0 Å². The Morgan fingerprint density at radius 2 is 1.44 bits per heavy atom. The van der Waals surface area contributed by atoms with E-state index in [2.05, 4.69) is 34.9 Å². The van der Waals surface area contributed by atoms with Crippen LogP contribution in [0.3, 0.4) is 0 Å². The molecule has 0 radical (unpaired) electrons. The largest absolute Gasteiger partial charge is 0.481 e. The van der Waals surface area contributed by atoms with Crippen LogP contribution in [0.1, 0.15) is 50.7 Å². The van der Waals surface area contributed by atoms with Crippen LogP contribution in [-0.2, 0) is 14.3 Å². The highest BCUT2D eigenvalue weighted by Gasteiger charge is 2.29. The van der Waals surface area contributed by atoms with E-state index in [-0.39, 0.29) is 18.9 Å². The van der Waals surface area contributed by atoms with Gasteiger partial charge in [-0.1, -0.05) is 48.5 Å². The van der Waals surface area contributed by atoms with Gasteiger partial charge >= 0.3 is 18.2 Å². The van der Waals surface area contributed by atoms with Gasteiger partial charge in [-0.2, -0.15) is 0 Å². The van der Waals surface area contributed by atoms with E-state index >= 15 is 0 Å². The Hall–Kier alpha value is -3.98. The molecule has 0 unspecified atom stereocenters. The van der Waals surface area contributed by atoms with Crippen molar-refractivity contribution in [2.45, 2.75) is 50.0 Å². The van der Waals surface area contributed by atoms with E-state index in [0.717, 1.165) is 27.1 Å². The van der Waals surface area contributed by atoms with Gasteiger partial charge in [0, 0.05) is 28.6 Å². The van der Waals surface area contributed by atoms with E-state index in [1.807, 2.05) is 24.3 Å². The lowest BCUT2D eigenvalue weighted by Gasteiger charge is -2.20. The maximum atomic E-state index is 12.8. The average molecular weight is 549 g/mol. The van der Waals surface area contributed by atoms with Gasteiger partial charge in [-0.25, -0.2) is 9.59 Å². The fourth-order valence-electron chi connectivity index (χ4n) is 4.41. The molecular formula is C30H32N2O6S. The molecule has 3 aromatic rings. The van der Waals surface area contributed by atoms with E-state index in [4.69, 9.17) is 14.6 Å². The summed E-state index contributed by atoms with van der Waals surface area (Å²) in [5.41, 5.74) is 4.73. The summed E-state index contributed by atoms with van der Waals surface area (Å²) < 4.78 is 11.0. The topological polar surface area (TPSA) is 114 Å². The molecule has 0 fully saturated rings. The Balaban J connectivity index is 1.45. The molecule has 1 aliphatic carbocycles. The van der Waals surface area contributed by atoms with Crippen molar-refractivity contribution in [3.63, 3.8) is 0 Å². The zero-order valence-corrected chi connectivity index (χ0v) is 23.0. The van der Waals surface area contributed by atoms with E-state index in [1.54, 1.807) is 39.0 Å². The number of carboxylic acid groups (broad SMARTS) is 1. The summed E-state index contributed by atoms with van der Waals surface area (Å²) >= 11 is 1.43. The molecule has 0 aromatic heterocycles. The van der Waals surface area contributed by atoms with Crippen molar-refractivity contribution in [3.05, 3.63) is 77.9 Å². The van der Waals surface area contributed by atoms with Gasteiger partial charge in [0.1, 0.15) is 12.2 Å². The number of carbonyl (C=O) groups is 3. The lowest BCUT2D eigenvalue weighted by Crippen LogP contribution is -2.27. The first kappa shape index (κ1) is 28.0. The number of carboxylic acids is 1. The number of hydrogen-bond acceptors (Lipinski definition) is 6. The second-order valence-electron chi connectivity index (χ2n) is 10.2. The molecular weight excluding hydrogens is 516 g/mol. The van der Waals surface area contributed by atoms with Gasteiger partial charge < -0.3 is 14.6 Å². The Morgan fingerprint density at radius 3 is 2.00 bits per heavy atom. The standard InChI is InChI=1S/C30H32N2O6S/c1-30(2,3)38-29(36)32-20-15-19(16-21(17-20)39-14-8-13-27(33)34)31-28(35)37-18-26-24-11-6-4-9-22(24)23-10-5-7-12-25(23)26/h4-7,9-12,15-17,26H,8,13-14,18H2,1-3H3,(H,31,35)(H,32,36)(H,33,34). The van der Waals surface area contributed by atoms with Crippen LogP contribution in [-0.4, -0.2) is 41.2 Å². The zero-order chi connectivity index (χ0) is 28.0. The van der Waals surface area contributed by atoms with Crippen molar-refractivity contribution in [2.75, 3.05) is 23.0 Å². The van der Waals surface area contributed by atoms with Gasteiger partial charge in [0.2, 0.25) is 0 Å². The van der Waals surface area contributed by atoms with Crippen molar-refractivity contribution in [2.24, 2.45) is 0 Å². The third-order valence-electron chi connectivity index (χ3n) is 5.95. The summed E-state index contributed by atoms with van der Waals surface area (Å²) in [5.74, 6) is -0.357. The number of amides is 2. The minimum atomic E-state index is -0.853. The lowest BCUT2D eigenvalue weighted by atomic mass is 9.98. The Bertz CT molecular complexity index is 1320. The summed E-state index contributed by atoms with van der Waals surface area (Å²) in [7, 11) is 0. The fraction of sp³-hybridized carbons (Fsp3) is 0.300. The second-order valence-corrected chi connectivity index (χ2v) is 11.3. The summed E-state index contributed by atoms with van der Waals surface area (Å²) in [6.07, 6.45) is -0.692. The maximum absolute atomic E-state index is 12.8. The Morgan fingerprint density at radius 1 is 0.872 bits per heavy atom. The molecule has 0 atom stereocenters. The molecule has 0 bridgehead atoms. The van der Waals surface area contributed by atoms with Crippen LogP contribution < -0.4 is 10.6 Å². The van der Waals surface area contributed by atoms with Gasteiger partial charge in [0.05, 0.1) is 0 Å². The molecule has 4 rings (SSSR count). The van der Waals surface area contributed by atoms with Crippen molar-refractivity contribution in [3.8, 4) is 11.1 Å². The number of nitrogens with one attached hydrogen (secondary N) is 2. The van der Waals surface area contributed by atoms with E-state index in [0.29, 0.717) is 23.5 Å². The highest BCUT2D eigenvalue weighted by Crippen LogP contribution is 2.44. The molecule has 3 aromatic carbocycles. The number of hydrogen-bond donors (Lipinski definition) is 3. The molecule has 0 heterocycles. The summed E-state index contributed by atoms with van der Waals surface area (Å²) in [5, 5.41) is 14.4. The lowest BCUT2D eigenvalue weighted by molar-refractivity contribution is -0.137. The molecule has 0 aliphatic heterocycles. The number of carbonyl (C=O) groups excluding carboxylic acids is 2. The first-order valence-electron chi connectivity index (χ1n) is 12.7. The van der Waals surface area contributed by atoms with Crippen LogP contribution in [0.15, 0.2) is 71.6 Å². The normalized spacial score (nSPS) is 12.3. The summed E-state index contributed by atoms with van der Waals surface area (Å²) in [6.45, 7) is 5.48. The fourth-order valence-corrected chi connectivity index (χ4v) is 5.36. The number of ether oxygens (including phenoxy) is 2. The van der Waals surface area contributed by atoms with E-state index in [9.17, 15) is 14.4 Å². The zero-order valence-electron chi connectivity index (χ0n) is 22.2. The van der Waals surface area contributed by atoms with Crippen molar-refractivity contribution in [1.82, 2.24) is 0 Å². The van der Waals surface area contributed by atoms with Crippen molar-refractivity contribution in [1.29, 1.82) is 0 Å². The van der Waals surface area contributed by atoms with Crippen LogP contribution >= 0.6 is 11.8 Å². The quantitative estimate of drug-likeness (QED) is 0.189. The van der Waals surface area contributed by atoms with Crippen LogP contribution in [0.25, 0.3) is 11.1 Å². The van der Waals surface area contributed by atoms with Gasteiger partial charge in [0.25, 0.3) is 0 Å². The molecule has 204 valence electrons. The smallest absolute Gasteiger partial charge is 0.412 e. The third-order valence-corrected chi connectivity index (χ3v) is 7.01. The SMILES string of the molecule is CC(C)(C)OC(=O)Nc1cc(NC(=O)OCC2c3ccccc3-c3ccccc32)cc(SCCCC(=O)O)c1. The molecule has 9 heteroatoms. The molecule has 8 nitrogen and oxygen atoms in total. The Labute approximate surface area is 232 Å². The first-order chi connectivity index (χ1) is 18.6. The minimum absolute atomic E-state index is 0.0632. The van der Waals surface area contributed by atoms with E-state index < -0.39 is 23.8 Å². The predicted molar refractivity (Wildman–Crippen MR) is 153 cm³/mol. The number of benzene rings is 3. The maximum Gasteiger partial charge on any atom is 0.412 e. The molecule has 0 spiro atoms. The first-order valence-corrected chi connectivity index (χ1v) is 13.7. The molecule has 1 aliphatic rings. The summed E-state index contributed by atoms with van der Waals surface area (Å²) in [4.78, 5) is 36.8. The van der Waals surface area contributed by atoms with Crippen molar-refractivity contribution >= 4 is 41.3 Å². The second kappa shape index (κ2) is 12.3. The van der Waals surface area contributed by atoms with Gasteiger partial charge in [-0.15, -0.1) is 11.8 Å². The summed E-state index contributed by atoms with van der Waals surface area (Å²) in [6, 6.07) is 21.4. The number of rotatable bonds is 9. The highest BCUT2D eigenvalue weighted by atomic mass is 32.2. The highest BCUT2D eigenvalue weighted by molar-refractivity contribution is 7.99. The third kappa shape index (κ3) is 7.77. The number of anilines is 2. The minimum Gasteiger partial charge on any atom is -0.481 e. The van der Waals surface area contributed by atoms with Gasteiger partial charge in [-0.3, -0.25) is 15.4 Å². The molecule has 0 saturated carbocycles. The van der Waals surface area contributed by atoms with Gasteiger partial charge in [0.15, 0.2) is 0 Å². The molecule has 2 amide bonds. The van der Waals surface area contributed by atoms with Gasteiger partial charge in [-0.05, 0) is 73.4 Å². The van der Waals surface area contributed by atoms with E-state index in [1.165, 1.54) is 11.8 Å².